The first-order valence-electron chi connectivity index (χ1n) is 5.63. The average Bonchev–Trinajstić information content (AvgIpc) is 2.91. The van der Waals surface area contributed by atoms with E-state index in [9.17, 15) is 8.42 Å². The lowest BCUT2D eigenvalue weighted by Gasteiger charge is -2.13. The van der Waals surface area contributed by atoms with Crippen molar-refractivity contribution in [1.82, 2.24) is 25.3 Å². The Labute approximate surface area is 115 Å². The van der Waals surface area contributed by atoms with Crippen molar-refractivity contribution in [2.45, 2.75) is 17.9 Å². The molecule has 4 N–H and O–H groups in total. The summed E-state index contributed by atoms with van der Waals surface area (Å²) < 4.78 is 32.1. The summed E-state index contributed by atoms with van der Waals surface area (Å²) in [7, 11) is -2.43. The Bertz CT molecular complexity index is 685. The van der Waals surface area contributed by atoms with Crippen LogP contribution >= 0.6 is 0 Å². The van der Waals surface area contributed by atoms with E-state index in [1.807, 2.05) is 0 Å². The van der Waals surface area contributed by atoms with E-state index in [2.05, 4.69) is 25.3 Å². The van der Waals surface area contributed by atoms with Crippen molar-refractivity contribution in [1.29, 1.82) is 0 Å². The molecule has 1 aromatic carbocycles. The topological polar surface area (TPSA) is 136 Å². The van der Waals surface area contributed by atoms with Gasteiger partial charge in [0.1, 0.15) is 10.6 Å². The van der Waals surface area contributed by atoms with Crippen molar-refractivity contribution in [2.75, 3.05) is 12.8 Å². The number of ether oxygens (including phenoxy) is 1. The maximum absolute atomic E-state index is 12.3. The summed E-state index contributed by atoms with van der Waals surface area (Å²) >= 11 is 0. The Morgan fingerprint density at radius 1 is 1.45 bits per heavy atom. The number of rotatable bonds is 5. The molecule has 1 heterocycles. The van der Waals surface area contributed by atoms with Gasteiger partial charge in [0.05, 0.1) is 13.2 Å². The molecule has 20 heavy (non-hydrogen) atoms. The van der Waals surface area contributed by atoms with Crippen molar-refractivity contribution in [2.24, 2.45) is 0 Å². The molecule has 0 aliphatic carbocycles. The van der Waals surface area contributed by atoms with Gasteiger partial charge in [0.2, 0.25) is 10.0 Å². The highest BCUT2D eigenvalue weighted by atomic mass is 32.2. The van der Waals surface area contributed by atoms with Crippen LogP contribution in [0, 0.1) is 0 Å². The normalized spacial score (nSPS) is 13.1. The smallest absolute Gasteiger partial charge is 0.244 e. The number of nitrogen functional groups attached to an aromatic ring is 1. The summed E-state index contributed by atoms with van der Waals surface area (Å²) in [6.07, 6.45) is 0. The number of aromatic amines is 1. The van der Waals surface area contributed by atoms with Gasteiger partial charge in [-0.25, -0.2) is 13.1 Å². The minimum absolute atomic E-state index is 0.00968. The molecule has 108 valence electrons. The molecule has 1 atom stereocenters. The van der Waals surface area contributed by atoms with Gasteiger partial charge in [-0.05, 0) is 19.1 Å². The number of methoxy groups -OCH3 is 1. The van der Waals surface area contributed by atoms with E-state index in [1.165, 1.54) is 25.3 Å². The standard InChI is InChI=1S/C10H14N6O3S/c1-6(10-12-15-16-13-10)14-20(17,18)9-4-3-7(11)5-8(9)19-2/h3-6,14H,11H2,1-2H3,(H,12,13,15,16). The summed E-state index contributed by atoms with van der Waals surface area (Å²) in [5, 5.41) is 13.1. The van der Waals surface area contributed by atoms with Crippen LogP contribution in [0.4, 0.5) is 5.69 Å². The van der Waals surface area contributed by atoms with E-state index in [1.54, 1.807) is 6.92 Å². The number of nitrogens with zero attached hydrogens (tertiary/aromatic N) is 3. The second kappa shape index (κ2) is 5.43. The molecular formula is C10H14N6O3S. The fraction of sp³-hybridized carbons (Fsp3) is 0.300. The minimum atomic E-state index is -3.80. The van der Waals surface area contributed by atoms with Gasteiger partial charge >= 0.3 is 0 Å². The van der Waals surface area contributed by atoms with Crippen molar-refractivity contribution in [3.8, 4) is 5.75 Å². The number of hydrogen-bond donors (Lipinski definition) is 3. The van der Waals surface area contributed by atoms with Crippen LogP contribution in [0.1, 0.15) is 18.8 Å². The lowest BCUT2D eigenvalue weighted by molar-refractivity contribution is 0.402. The summed E-state index contributed by atoms with van der Waals surface area (Å²) in [4.78, 5) is -0.00968. The lowest BCUT2D eigenvalue weighted by Crippen LogP contribution is -2.28. The number of nitrogens with one attached hydrogen (secondary N) is 2. The maximum atomic E-state index is 12.3. The fourth-order valence-electron chi connectivity index (χ4n) is 1.61. The van der Waals surface area contributed by atoms with Gasteiger partial charge < -0.3 is 10.5 Å². The van der Waals surface area contributed by atoms with Gasteiger partial charge in [-0.2, -0.15) is 5.21 Å². The third kappa shape index (κ3) is 2.86. The molecule has 0 amide bonds. The summed E-state index contributed by atoms with van der Waals surface area (Å²) in [5.74, 6) is 0.404. The molecule has 0 aliphatic rings. The third-order valence-electron chi connectivity index (χ3n) is 2.56. The molecule has 0 saturated carbocycles. The second-order valence-electron chi connectivity index (χ2n) is 4.02. The molecule has 0 bridgehead atoms. The van der Waals surface area contributed by atoms with E-state index in [-0.39, 0.29) is 16.5 Å². The molecule has 2 rings (SSSR count). The Morgan fingerprint density at radius 2 is 2.20 bits per heavy atom. The Morgan fingerprint density at radius 3 is 2.80 bits per heavy atom. The Kier molecular flexibility index (Phi) is 3.86. The molecule has 2 aromatic rings. The van der Waals surface area contributed by atoms with Crippen molar-refractivity contribution < 1.29 is 13.2 Å². The quantitative estimate of drug-likeness (QED) is 0.652. The van der Waals surface area contributed by atoms with Crippen LogP contribution in [0.5, 0.6) is 5.75 Å². The number of sulfonamides is 1. The summed E-state index contributed by atoms with van der Waals surface area (Å²) in [6.45, 7) is 1.60. The van der Waals surface area contributed by atoms with E-state index in [0.717, 1.165) is 0 Å². The average molecular weight is 298 g/mol. The number of benzene rings is 1. The zero-order chi connectivity index (χ0) is 14.8. The molecule has 1 unspecified atom stereocenters. The van der Waals surface area contributed by atoms with Gasteiger partial charge in [0, 0.05) is 11.8 Å². The van der Waals surface area contributed by atoms with Crippen molar-refractivity contribution in [3.63, 3.8) is 0 Å². The molecule has 0 fully saturated rings. The van der Waals surface area contributed by atoms with E-state index in [0.29, 0.717) is 5.69 Å². The minimum Gasteiger partial charge on any atom is -0.495 e. The lowest BCUT2D eigenvalue weighted by atomic mass is 10.3. The molecule has 0 aliphatic heterocycles. The van der Waals surface area contributed by atoms with Crippen LogP contribution in [-0.2, 0) is 10.0 Å². The molecule has 0 spiro atoms. The maximum Gasteiger partial charge on any atom is 0.244 e. The van der Waals surface area contributed by atoms with Gasteiger partial charge in [-0.15, -0.1) is 10.2 Å². The van der Waals surface area contributed by atoms with E-state index in [4.69, 9.17) is 10.5 Å². The van der Waals surface area contributed by atoms with Crippen LogP contribution in [0.2, 0.25) is 0 Å². The van der Waals surface area contributed by atoms with Gasteiger partial charge in [-0.3, -0.25) is 0 Å². The fourth-order valence-corrected chi connectivity index (χ4v) is 2.96. The predicted molar refractivity (Wildman–Crippen MR) is 70.3 cm³/mol. The number of tetrazole rings is 1. The van der Waals surface area contributed by atoms with Crippen molar-refractivity contribution in [3.05, 3.63) is 24.0 Å². The van der Waals surface area contributed by atoms with E-state index >= 15 is 0 Å². The number of hydrogen-bond acceptors (Lipinski definition) is 7. The Balaban J connectivity index is 2.31. The third-order valence-corrected chi connectivity index (χ3v) is 4.14. The van der Waals surface area contributed by atoms with Crippen LogP contribution in [-0.4, -0.2) is 36.2 Å². The number of anilines is 1. The largest absolute Gasteiger partial charge is 0.495 e. The summed E-state index contributed by atoms with van der Waals surface area (Å²) in [6, 6.07) is 3.66. The van der Waals surface area contributed by atoms with Gasteiger partial charge in [0.25, 0.3) is 0 Å². The highest BCUT2D eigenvalue weighted by molar-refractivity contribution is 7.89. The molecular weight excluding hydrogens is 284 g/mol. The van der Waals surface area contributed by atoms with E-state index < -0.39 is 16.1 Å². The number of nitrogens with two attached hydrogens (primary N) is 1. The van der Waals surface area contributed by atoms with Crippen LogP contribution in [0.25, 0.3) is 0 Å². The van der Waals surface area contributed by atoms with Gasteiger partial charge in [0.15, 0.2) is 5.82 Å². The summed E-state index contributed by atoms with van der Waals surface area (Å²) in [5.41, 5.74) is 6.01. The molecule has 0 saturated heterocycles. The van der Waals surface area contributed by atoms with Crippen LogP contribution < -0.4 is 15.2 Å². The highest BCUT2D eigenvalue weighted by Crippen LogP contribution is 2.26. The molecule has 9 nitrogen and oxygen atoms in total. The first-order chi connectivity index (χ1) is 9.44. The van der Waals surface area contributed by atoms with Crippen LogP contribution in [0.15, 0.2) is 23.1 Å². The Hall–Kier alpha value is -2.20. The first kappa shape index (κ1) is 14.2. The first-order valence-corrected chi connectivity index (χ1v) is 7.11. The molecule has 1 aromatic heterocycles. The second-order valence-corrected chi connectivity index (χ2v) is 5.71. The SMILES string of the molecule is COc1cc(N)ccc1S(=O)(=O)NC(C)c1nn[nH]n1. The highest BCUT2D eigenvalue weighted by Gasteiger charge is 2.24. The number of H-pyrrole nitrogens is 1. The van der Waals surface area contributed by atoms with Gasteiger partial charge in [-0.1, -0.05) is 5.21 Å². The zero-order valence-electron chi connectivity index (χ0n) is 10.9. The zero-order valence-corrected chi connectivity index (χ0v) is 11.7. The number of aromatic nitrogens is 4. The molecule has 10 heteroatoms. The van der Waals surface area contributed by atoms with Crippen molar-refractivity contribution >= 4 is 15.7 Å². The van der Waals surface area contributed by atoms with Crippen LogP contribution in [0.3, 0.4) is 0 Å². The monoisotopic (exact) mass is 298 g/mol. The predicted octanol–water partition coefficient (Wildman–Crippen LogP) is -0.170. The molecule has 0 radical (unpaired) electrons.